The van der Waals surface area contributed by atoms with Crippen LogP contribution in [0.1, 0.15) is 41.4 Å². The Morgan fingerprint density at radius 3 is 2.54 bits per heavy atom. The SMILES string of the molecule is CCN1C(=O)[C@@H](NC(=O)c2cccc(C(F)(F)F)c2)B(C2CC2)c2c(CN(C)C#N)nn(-c3ccccc3)c21. The third-order valence-electron chi connectivity index (χ3n) is 7.20. The number of nitriles is 1. The van der Waals surface area contributed by atoms with Crippen LogP contribution in [0.5, 0.6) is 0 Å². The Hall–Kier alpha value is -4.27. The normalized spacial score (nSPS) is 17.0. The minimum Gasteiger partial charge on any atom is -0.347 e. The molecule has 1 aliphatic carbocycles. The molecular weight excluding hydrogens is 508 g/mol. The van der Waals surface area contributed by atoms with Crippen LogP contribution in [-0.2, 0) is 17.5 Å². The molecule has 1 atom stereocenters. The Morgan fingerprint density at radius 2 is 1.92 bits per heavy atom. The molecule has 2 aliphatic rings. The van der Waals surface area contributed by atoms with Gasteiger partial charge in [-0.3, -0.25) is 14.5 Å². The fraction of sp³-hybridized carbons (Fsp3) is 0.333. The Kier molecular flexibility index (Phi) is 6.84. The van der Waals surface area contributed by atoms with Crippen molar-refractivity contribution < 1.29 is 22.8 Å². The predicted molar refractivity (Wildman–Crippen MR) is 140 cm³/mol. The fourth-order valence-electron chi connectivity index (χ4n) is 5.27. The Labute approximate surface area is 224 Å². The molecule has 200 valence electrons. The third kappa shape index (κ3) is 4.96. The number of para-hydroxylation sites is 1. The van der Waals surface area contributed by atoms with Gasteiger partial charge in [0.2, 0.25) is 12.6 Å². The van der Waals surface area contributed by atoms with E-state index >= 15 is 0 Å². The summed E-state index contributed by atoms with van der Waals surface area (Å²) in [6.45, 7) is 1.85. The van der Waals surface area contributed by atoms with Crippen LogP contribution in [0.15, 0.2) is 54.6 Å². The number of nitrogens with zero attached hydrogens (tertiary/aromatic N) is 5. The van der Waals surface area contributed by atoms with Gasteiger partial charge in [-0.05, 0) is 42.7 Å². The molecule has 0 saturated heterocycles. The van der Waals surface area contributed by atoms with Crippen LogP contribution in [0.2, 0.25) is 5.82 Å². The molecule has 12 heteroatoms. The molecule has 0 unspecified atom stereocenters. The van der Waals surface area contributed by atoms with Crippen LogP contribution in [0.25, 0.3) is 5.69 Å². The Morgan fingerprint density at radius 1 is 1.21 bits per heavy atom. The number of halogens is 3. The summed E-state index contributed by atoms with van der Waals surface area (Å²) in [5.41, 5.74) is 1.02. The van der Waals surface area contributed by atoms with Crippen LogP contribution in [0, 0.1) is 11.5 Å². The van der Waals surface area contributed by atoms with E-state index in [0.717, 1.165) is 36.1 Å². The molecule has 0 bridgehead atoms. The number of fused-ring (bicyclic) bond motifs is 1. The lowest BCUT2D eigenvalue weighted by atomic mass is 9.34. The van der Waals surface area contributed by atoms with Gasteiger partial charge in [0.1, 0.15) is 5.82 Å². The quantitative estimate of drug-likeness (QED) is 0.285. The zero-order valence-electron chi connectivity index (χ0n) is 21.4. The molecule has 1 fully saturated rings. The fourth-order valence-corrected chi connectivity index (χ4v) is 5.27. The summed E-state index contributed by atoms with van der Waals surface area (Å²) in [6.07, 6.45) is -0.841. The van der Waals surface area contributed by atoms with E-state index < -0.39 is 30.3 Å². The van der Waals surface area contributed by atoms with Crippen LogP contribution < -0.4 is 15.7 Å². The number of aromatic nitrogens is 2. The smallest absolute Gasteiger partial charge is 0.347 e. The van der Waals surface area contributed by atoms with E-state index in [1.807, 2.05) is 37.3 Å². The minimum atomic E-state index is -4.60. The monoisotopic (exact) mass is 534 g/mol. The van der Waals surface area contributed by atoms with Crippen molar-refractivity contribution >= 4 is 29.8 Å². The first-order valence-corrected chi connectivity index (χ1v) is 12.7. The number of carbonyl (C=O) groups is 2. The molecular formula is C27H26BF3N6O2. The molecule has 0 radical (unpaired) electrons. The molecule has 1 aromatic heterocycles. The van der Waals surface area contributed by atoms with Crippen LogP contribution in [0.3, 0.4) is 0 Å². The summed E-state index contributed by atoms with van der Waals surface area (Å²) in [7, 11) is 1.64. The third-order valence-corrected chi connectivity index (χ3v) is 7.20. The second-order valence-electron chi connectivity index (χ2n) is 9.86. The average Bonchev–Trinajstić information content (AvgIpc) is 3.71. The first-order chi connectivity index (χ1) is 18.6. The molecule has 0 spiro atoms. The van der Waals surface area contributed by atoms with E-state index in [9.17, 15) is 28.0 Å². The highest BCUT2D eigenvalue weighted by molar-refractivity contribution is 6.82. The maximum Gasteiger partial charge on any atom is 0.416 e. The lowest BCUT2D eigenvalue weighted by Crippen LogP contribution is -2.66. The van der Waals surface area contributed by atoms with Crippen molar-refractivity contribution in [3.8, 4) is 11.9 Å². The standard InChI is InChI=1S/C27H26BF3N6O2/c1-3-36-25-22(21(15-35(2)16-32)34-37(25)20-10-5-4-6-11-20)28(19-12-13-19)23(26(36)39)33-24(38)17-8-7-9-18(14-17)27(29,30)31/h4-11,14,19,23H,3,12-13,15H2,1-2H3,(H,33,38)/t23-/m1/s1. The largest absolute Gasteiger partial charge is 0.416 e. The number of benzene rings is 2. The highest BCUT2D eigenvalue weighted by Gasteiger charge is 2.53. The van der Waals surface area contributed by atoms with Gasteiger partial charge in [0.05, 0.1) is 29.4 Å². The number of hydrogen-bond donors (Lipinski definition) is 1. The van der Waals surface area contributed by atoms with Crippen molar-refractivity contribution in [3.63, 3.8) is 0 Å². The average molecular weight is 534 g/mol. The molecule has 3 aromatic rings. The van der Waals surface area contributed by atoms with Crippen molar-refractivity contribution in [1.82, 2.24) is 20.0 Å². The van der Waals surface area contributed by atoms with Gasteiger partial charge < -0.3 is 10.2 Å². The van der Waals surface area contributed by atoms with Gasteiger partial charge in [-0.2, -0.15) is 23.5 Å². The molecule has 2 heterocycles. The summed E-state index contributed by atoms with van der Waals surface area (Å²) >= 11 is 0. The van der Waals surface area contributed by atoms with Gasteiger partial charge in [-0.25, -0.2) is 4.68 Å². The number of rotatable bonds is 7. The summed E-state index contributed by atoms with van der Waals surface area (Å²) in [4.78, 5) is 30.2. The van der Waals surface area contributed by atoms with Crippen LogP contribution >= 0.6 is 0 Å². The maximum absolute atomic E-state index is 14.0. The zero-order chi connectivity index (χ0) is 27.9. The summed E-state index contributed by atoms with van der Waals surface area (Å²) in [5.74, 6) is -1.42. The molecule has 5 rings (SSSR count). The molecule has 2 amide bonds. The molecule has 2 aromatic carbocycles. The highest BCUT2D eigenvalue weighted by atomic mass is 19.4. The van der Waals surface area contributed by atoms with Gasteiger partial charge in [-0.15, -0.1) is 0 Å². The summed E-state index contributed by atoms with van der Waals surface area (Å²) in [6, 6.07) is 13.5. The van der Waals surface area contributed by atoms with Crippen molar-refractivity contribution in [1.29, 1.82) is 5.26 Å². The first kappa shape index (κ1) is 26.3. The molecule has 8 nitrogen and oxygen atoms in total. The van der Waals surface area contributed by atoms with E-state index in [4.69, 9.17) is 5.10 Å². The molecule has 1 saturated carbocycles. The summed E-state index contributed by atoms with van der Waals surface area (Å²) < 4.78 is 41.6. The number of alkyl halides is 3. The van der Waals surface area contributed by atoms with Crippen molar-refractivity contribution in [2.75, 3.05) is 18.5 Å². The zero-order valence-corrected chi connectivity index (χ0v) is 21.4. The van der Waals surface area contributed by atoms with Gasteiger partial charge in [-0.1, -0.05) is 42.9 Å². The predicted octanol–water partition coefficient (Wildman–Crippen LogP) is 3.37. The maximum atomic E-state index is 14.0. The Balaban J connectivity index is 1.61. The Bertz CT molecular complexity index is 1450. The van der Waals surface area contributed by atoms with Crippen molar-refractivity contribution in [2.45, 2.75) is 44.2 Å². The van der Waals surface area contributed by atoms with Gasteiger partial charge >= 0.3 is 6.18 Å². The number of hydrogen-bond acceptors (Lipinski definition) is 5. The lowest BCUT2D eigenvalue weighted by molar-refractivity contribution is -0.137. The highest BCUT2D eigenvalue weighted by Crippen LogP contribution is 2.43. The number of likely N-dealkylation sites (N-methyl/N-ethyl adjacent to an activating group) is 1. The number of anilines is 1. The van der Waals surface area contributed by atoms with Crippen molar-refractivity contribution in [3.05, 3.63) is 71.4 Å². The lowest BCUT2D eigenvalue weighted by Gasteiger charge is -2.37. The van der Waals surface area contributed by atoms with Gasteiger partial charge in [0.15, 0.2) is 6.19 Å². The number of nitrogens with one attached hydrogen (secondary N) is 1. The minimum absolute atomic E-state index is 0.0816. The van der Waals surface area contributed by atoms with E-state index in [2.05, 4.69) is 11.5 Å². The van der Waals surface area contributed by atoms with Crippen LogP contribution in [-0.4, -0.2) is 52.7 Å². The van der Waals surface area contributed by atoms with Crippen molar-refractivity contribution in [2.24, 2.45) is 0 Å². The van der Waals surface area contributed by atoms with Crippen LogP contribution in [0.4, 0.5) is 19.0 Å². The van der Waals surface area contributed by atoms with Gasteiger partial charge in [0, 0.05) is 19.2 Å². The van der Waals surface area contributed by atoms with Gasteiger partial charge in [0.25, 0.3) is 5.91 Å². The topological polar surface area (TPSA) is 94.3 Å². The van der Waals surface area contributed by atoms with E-state index in [-0.39, 0.29) is 30.4 Å². The molecule has 1 N–H and O–H groups in total. The number of amides is 2. The van der Waals surface area contributed by atoms with E-state index in [1.165, 1.54) is 17.0 Å². The van der Waals surface area contributed by atoms with E-state index in [0.29, 0.717) is 11.5 Å². The van der Waals surface area contributed by atoms with E-state index in [1.54, 1.807) is 16.6 Å². The second kappa shape index (κ2) is 10.1. The molecule has 1 aliphatic heterocycles. The number of carbonyl (C=O) groups excluding carboxylic acids is 2. The second-order valence-corrected chi connectivity index (χ2v) is 9.86. The first-order valence-electron chi connectivity index (χ1n) is 12.7. The summed E-state index contributed by atoms with van der Waals surface area (Å²) in [5, 5.41) is 17.1. The molecule has 39 heavy (non-hydrogen) atoms.